The van der Waals surface area contributed by atoms with Crippen molar-refractivity contribution in [1.29, 1.82) is 0 Å². The van der Waals surface area contributed by atoms with Gasteiger partial charge < -0.3 is 10.6 Å². The second-order valence-corrected chi connectivity index (χ2v) is 11.6. The van der Waals surface area contributed by atoms with Crippen LogP contribution >= 0.6 is 23.2 Å². The highest BCUT2D eigenvalue weighted by Crippen LogP contribution is 2.39. The van der Waals surface area contributed by atoms with Crippen molar-refractivity contribution in [3.63, 3.8) is 0 Å². The molecule has 3 aromatic rings. The second kappa shape index (κ2) is 14.3. The average Bonchev–Trinajstić information content (AvgIpc) is 2.84. The molecule has 0 aromatic heterocycles. The maximum Gasteiger partial charge on any atom is 0.122 e. The number of nitrogens with two attached hydrogens (primary N) is 2. The van der Waals surface area contributed by atoms with Crippen molar-refractivity contribution in [2.24, 2.45) is 10.9 Å². The summed E-state index contributed by atoms with van der Waals surface area (Å²) in [6.07, 6.45) is 0. The Bertz CT molecular complexity index is 1170. The van der Waals surface area contributed by atoms with E-state index < -0.39 is 11.0 Å². The molecule has 0 radical (unpaired) electrons. The van der Waals surface area contributed by atoms with Crippen molar-refractivity contribution in [2.45, 2.75) is 51.0 Å². The molecule has 0 spiro atoms. The van der Waals surface area contributed by atoms with Crippen molar-refractivity contribution in [3.05, 3.63) is 81.3 Å². The lowest BCUT2D eigenvalue weighted by Gasteiger charge is -2.26. The van der Waals surface area contributed by atoms with Gasteiger partial charge in [0.25, 0.3) is 0 Å². The molecule has 202 valence electrons. The van der Waals surface area contributed by atoms with E-state index in [1.807, 2.05) is 38.4 Å². The third kappa shape index (κ3) is 8.79. The average molecular weight is 566 g/mol. The van der Waals surface area contributed by atoms with Gasteiger partial charge in [0.15, 0.2) is 0 Å². The summed E-state index contributed by atoms with van der Waals surface area (Å²) in [7, 11) is 2.65. The standard InChI is InChI=1S/C19H24Cl2N2O.C9H14N2OS/c1-11(2)15-7-14(13-5-6-17(20)18(21)9-13)8-16(12(3)4)19(15)23(24)10-22;1-11(2)7-8-3-5-9(6-4-8)13(10)12/h5-9,11-12,24H,10,22H2,1-4H3;3-6H,7,10H2,1-2H3. The first-order chi connectivity index (χ1) is 17.3. The van der Waals surface area contributed by atoms with E-state index in [1.54, 1.807) is 18.2 Å². The monoisotopic (exact) mass is 564 g/mol. The van der Waals surface area contributed by atoms with E-state index in [1.165, 1.54) is 5.56 Å². The van der Waals surface area contributed by atoms with Gasteiger partial charge in [-0.2, -0.15) is 0 Å². The minimum Gasteiger partial charge on any atom is -0.312 e. The molecule has 0 bridgehead atoms. The van der Waals surface area contributed by atoms with E-state index in [2.05, 4.69) is 44.7 Å². The molecule has 0 aliphatic heterocycles. The molecule has 0 aliphatic carbocycles. The van der Waals surface area contributed by atoms with Gasteiger partial charge in [-0.25, -0.2) is 14.4 Å². The van der Waals surface area contributed by atoms with E-state index in [9.17, 15) is 9.42 Å². The molecule has 0 saturated heterocycles. The van der Waals surface area contributed by atoms with Crippen molar-refractivity contribution < 1.29 is 9.42 Å². The normalized spacial score (nSPS) is 12.1. The van der Waals surface area contributed by atoms with Crippen molar-refractivity contribution in [1.82, 2.24) is 4.90 Å². The van der Waals surface area contributed by atoms with Gasteiger partial charge in [0, 0.05) is 6.54 Å². The number of nitrogens with zero attached hydrogens (tertiary/aromatic N) is 2. The van der Waals surface area contributed by atoms with Gasteiger partial charge in [-0.1, -0.05) is 69.1 Å². The molecule has 0 fully saturated rings. The topological polar surface area (TPSA) is 95.8 Å². The van der Waals surface area contributed by atoms with Crippen LogP contribution in [0.5, 0.6) is 0 Å². The SMILES string of the molecule is CC(C)c1cc(-c2ccc(Cl)c(Cl)c2)cc(C(C)C)c1N(O)CN.CN(C)Cc1ccc(S(N)=O)cc1. The Balaban J connectivity index is 0.000000312. The fraction of sp³-hybridized carbons (Fsp3) is 0.357. The lowest BCUT2D eigenvalue weighted by atomic mass is 9.88. The largest absolute Gasteiger partial charge is 0.312 e. The highest BCUT2D eigenvalue weighted by Gasteiger charge is 2.20. The Kier molecular flexibility index (Phi) is 12.0. The van der Waals surface area contributed by atoms with E-state index in [4.69, 9.17) is 34.1 Å². The number of rotatable bonds is 8. The van der Waals surface area contributed by atoms with E-state index in [-0.39, 0.29) is 18.5 Å². The molecule has 1 unspecified atom stereocenters. The maximum atomic E-state index is 10.9. The number of hydroxylamine groups is 1. The van der Waals surface area contributed by atoms with Gasteiger partial charge in [-0.05, 0) is 90.1 Å². The first-order valence-electron chi connectivity index (χ1n) is 12.0. The van der Waals surface area contributed by atoms with Gasteiger partial charge in [-0.15, -0.1) is 0 Å². The Labute approximate surface area is 233 Å². The van der Waals surface area contributed by atoms with Gasteiger partial charge in [-0.3, -0.25) is 5.21 Å². The van der Waals surface area contributed by atoms with E-state index in [0.29, 0.717) is 14.9 Å². The summed E-state index contributed by atoms with van der Waals surface area (Å²) in [5.41, 5.74) is 11.8. The van der Waals surface area contributed by atoms with E-state index in [0.717, 1.165) is 39.5 Å². The fourth-order valence-corrected chi connectivity index (χ4v) is 4.59. The first-order valence-corrected chi connectivity index (χ1v) is 14.0. The molecule has 0 saturated carbocycles. The molecule has 1 atom stereocenters. The number of halogens is 2. The van der Waals surface area contributed by atoms with Crippen LogP contribution in [0.4, 0.5) is 5.69 Å². The fourth-order valence-electron chi connectivity index (χ4n) is 3.89. The second-order valence-electron chi connectivity index (χ2n) is 9.70. The molecular formula is C28H38Cl2N4O2S. The van der Waals surface area contributed by atoms with Gasteiger partial charge in [0.05, 0.1) is 27.3 Å². The van der Waals surface area contributed by atoms with Crippen LogP contribution in [0, 0.1) is 0 Å². The minimum absolute atomic E-state index is 0.0472. The molecule has 0 heterocycles. The predicted molar refractivity (Wildman–Crippen MR) is 158 cm³/mol. The number of benzene rings is 3. The zero-order chi connectivity index (χ0) is 27.9. The van der Waals surface area contributed by atoms with Crippen LogP contribution in [0.1, 0.15) is 56.2 Å². The zero-order valence-corrected chi connectivity index (χ0v) is 24.7. The van der Waals surface area contributed by atoms with Crippen LogP contribution < -0.4 is 15.9 Å². The highest BCUT2D eigenvalue weighted by atomic mass is 35.5. The Morgan fingerprint density at radius 1 is 0.865 bits per heavy atom. The molecule has 3 rings (SSSR count). The van der Waals surface area contributed by atoms with Gasteiger partial charge in [0.1, 0.15) is 11.0 Å². The molecule has 9 heteroatoms. The molecule has 0 aliphatic rings. The summed E-state index contributed by atoms with van der Waals surface area (Å²) in [6.45, 7) is 9.35. The summed E-state index contributed by atoms with van der Waals surface area (Å²) in [5.74, 6) is 0.475. The Morgan fingerprint density at radius 2 is 1.41 bits per heavy atom. The predicted octanol–water partition coefficient (Wildman–Crippen LogP) is 6.75. The summed E-state index contributed by atoms with van der Waals surface area (Å²) >= 11 is 12.2. The van der Waals surface area contributed by atoms with Gasteiger partial charge >= 0.3 is 0 Å². The molecule has 0 amide bonds. The quantitative estimate of drug-likeness (QED) is 0.208. The minimum atomic E-state index is -1.36. The third-order valence-electron chi connectivity index (χ3n) is 5.75. The van der Waals surface area contributed by atoms with Crippen molar-refractivity contribution >= 4 is 39.9 Å². The maximum absolute atomic E-state index is 10.9. The summed E-state index contributed by atoms with van der Waals surface area (Å²) < 4.78 is 10.9. The zero-order valence-electron chi connectivity index (χ0n) is 22.3. The lowest BCUT2D eigenvalue weighted by Crippen LogP contribution is -2.28. The van der Waals surface area contributed by atoms with Crippen LogP contribution in [0.2, 0.25) is 10.0 Å². The summed E-state index contributed by atoms with van der Waals surface area (Å²) in [4.78, 5) is 2.75. The Hall–Kier alpha value is -1.97. The van der Waals surface area contributed by atoms with Crippen LogP contribution in [0.25, 0.3) is 11.1 Å². The molecule has 37 heavy (non-hydrogen) atoms. The Morgan fingerprint density at radius 3 is 1.81 bits per heavy atom. The smallest absolute Gasteiger partial charge is 0.122 e. The number of anilines is 1. The van der Waals surface area contributed by atoms with Crippen LogP contribution in [0.3, 0.4) is 0 Å². The van der Waals surface area contributed by atoms with E-state index >= 15 is 0 Å². The first kappa shape index (κ1) is 31.2. The number of hydrogen-bond donors (Lipinski definition) is 3. The number of hydrogen-bond acceptors (Lipinski definition) is 5. The molecule has 3 aromatic carbocycles. The van der Waals surface area contributed by atoms with Crippen LogP contribution in [-0.4, -0.2) is 35.1 Å². The molecular weight excluding hydrogens is 527 g/mol. The summed E-state index contributed by atoms with van der Waals surface area (Å²) in [6, 6.07) is 17.3. The molecule has 5 N–H and O–H groups in total. The van der Waals surface area contributed by atoms with Crippen molar-refractivity contribution in [3.8, 4) is 11.1 Å². The third-order valence-corrected chi connectivity index (χ3v) is 7.23. The van der Waals surface area contributed by atoms with Crippen LogP contribution in [-0.2, 0) is 17.5 Å². The van der Waals surface area contributed by atoms with Crippen molar-refractivity contribution in [2.75, 3.05) is 25.8 Å². The highest BCUT2D eigenvalue weighted by molar-refractivity contribution is 7.82. The van der Waals surface area contributed by atoms with Gasteiger partial charge in [0.2, 0.25) is 0 Å². The van der Waals surface area contributed by atoms with Crippen LogP contribution in [0.15, 0.2) is 59.5 Å². The molecule has 6 nitrogen and oxygen atoms in total. The summed E-state index contributed by atoms with van der Waals surface area (Å²) in [5, 5.41) is 17.7. The lowest BCUT2D eigenvalue weighted by molar-refractivity contribution is 0.255.